The molecule has 5 rings (SSSR count). The van der Waals surface area contributed by atoms with Gasteiger partial charge in [0.25, 0.3) is 0 Å². The lowest BCUT2D eigenvalue weighted by atomic mass is 9.69. The SMILES string of the molecule is c1cc(N2CCCC2)ncc1-c1ccc(C23CCCN(CCC2)C3)cn1. The first-order chi connectivity index (χ1) is 12.8. The molecule has 3 aliphatic rings. The highest BCUT2D eigenvalue weighted by Crippen LogP contribution is 2.41. The van der Waals surface area contributed by atoms with Crippen LogP contribution in [0.2, 0.25) is 0 Å². The molecule has 0 radical (unpaired) electrons. The maximum atomic E-state index is 4.82. The summed E-state index contributed by atoms with van der Waals surface area (Å²) >= 11 is 0. The fourth-order valence-corrected chi connectivity index (χ4v) is 5.19. The Kier molecular flexibility index (Phi) is 4.16. The molecular weight excluding hydrogens is 320 g/mol. The number of hydrogen-bond donors (Lipinski definition) is 0. The van der Waals surface area contributed by atoms with Crippen LogP contribution in [-0.2, 0) is 5.41 Å². The van der Waals surface area contributed by atoms with E-state index in [-0.39, 0.29) is 0 Å². The zero-order valence-corrected chi connectivity index (χ0v) is 15.5. The van der Waals surface area contributed by atoms with Gasteiger partial charge in [-0.1, -0.05) is 6.07 Å². The van der Waals surface area contributed by atoms with E-state index in [4.69, 9.17) is 4.98 Å². The first kappa shape index (κ1) is 16.2. The second-order valence-corrected chi connectivity index (χ2v) is 8.29. The van der Waals surface area contributed by atoms with Crippen molar-refractivity contribution in [3.63, 3.8) is 0 Å². The van der Waals surface area contributed by atoms with Gasteiger partial charge in [0.2, 0.25) is 0 Å². The van der Waals surface area contributed by atoms with E-state index in [9.17, 15) is 0 Å². The second-order valence-electron chi connectivity index (χ2n) is 8.29. The van der Waals surface area contributed by atoms with Crippen molar-refractivity contribution in [2.45, 2.75) is 43.9 Å². The predicted molar refractivity (Wildman–Crippen MR) is 106 cm³/mol. The Bertz CT molecular complexity index is 737. The minimum atomic E-state index is 0.347. The van der Waals surface area contributed by atoms with Gasteiger partial charge in [-0.2, -0.15) is 0 Å². The van der Waals surface area contributed by atoms with Crippen LogP contribution < -0.4 is 4.90 Å². The first-order valence-electron chi connectivity index (χ1n) is 10.2. The average molecular weight is 348 g/mol. The molecule has 0 spiro atoms. The number of hydrogen-bond acceptors (Lipinski definition) is 4. The molecule has 0 atom stereocenters. The van der Waals surface area contributed by atoms with Gasteiger partial charge in [0, 0.05) is 43.0 Å². The lowest BCUT2D eigenvalue weighted by Crippen LogP contribution is -2.50. The number of anilines is 1. The summed E-state index contributed by atoms with van der Waals surface area (Å²) in [5, 5.41) is 0. The van der Waals surface area contributed by atoms with Gasteiger partial charge in [-0.25, -0.2) is 4.98 Å². The summed E-state index contributed by atoms with van der Waals surface area (Å²) in [5.74, 6) is 1.10. The number of rotatable bonds is 3. The molecule has 0 aliphatic carbocycles. The highest BCUT2D eigenvalue weighted by atomic mass is 15.2. The van der Waals surface area contributed by atoms with E-state index in [2.05, 4.69) is 45.2 Å². The van der Waals surface area contributed by atoms with Gasteiger partial charge in [-0.3, -0.25) is 4.98 Å². The van der Waals surface area contributed by atoms with Gasteiger partial charge >= 0.3 is 0 Å². The zero-order valence-electron chi connectivity index (χ0n) is 15.5. The number of fused-ring (bicyclic) bond motifs is 2. The Morgan fingerprint density at radius 3 is 2.23 bits per heavy atom. The topological polar surface area (TPSA) is 32.3 Å². The van der Waals surface area contributed by atoms with Crippen LogP contribution in [0.5, 0.6) is 0 Å². The van der Waals surface area contributed by atoms with Crippen LogP contribution in [0.4, 0.5) is 5.82 Å². The van der Waals surface area contributed by atoms with Gasteiger partial charge in [0.1, 0.15) is 5.82 Å². The van der Waals surface area contributed by atoms with Crippen molar-refractivity contribution >= 4 is 5.82 Å². The van der Waals surface area contributed by atoms with Crippen LogP contribution in [0.3, 0.4) is 0 Å². The molecule has 4 heteroatoms. The molecule has 0 amide bonds. The fourth-order valence-electron chi connectivity index (χ4n) is 5.19. The third kappa shape index (κ3) is 2.90. The molecule has 5 heterocycles. The molecular formula is C22H28N4. The Morgan fingerprint density at radius 2 is 1.58 bits per heavy atom. The Morgan fingerprint density at radius 1 is 0.769 bits per heavy atom. The van der Waals surface area contributed by atoms with E-state index in [0.29, 0.717) is 5.41 Å². The van der Waals surface area contributed by atoms with Crippen molar-refractivity contribution in [2.75, 3.05) is 37.6 Å². The first-order valence-corrected chi connectivity index (χ1v) is 10.2. The van der Waals surface area contributed by atoms with Crippen molar-refractivity contribution in [1.29, 1.82) is 0 Å². The summed E-state index contributed by atoms with van der Waals surface area (Å²) in [6.45, 7) is 6.06. The zero-order chi connectivity index (χ0) is 17.4. The summed E-state index contributed by atoms with van der Waals surface area (Å²) in [6.07, 6.45) is 12.0. The average Bonchev–Trinajstić information content (AvgIpc) is 3.23. The van der Waals surface area contributed by atoms with Crippen LogP contribution in [0.1, 0.15) is 44.1 Å². The smallest absolute Gasteiger partial charge is 0.128 e. The summed E-state index contributed by atoms with van der Waals surface area (Å²) in [7, 11) is 0. The minimum Gasteiger partial charge on any atom is -0.357 e. The highest BCUT2D eigenvalue weighted by Gasteiger charge is 2.39. The Hall–Kier alpha value is -1.94. The van der Waals surface area contributed by atoms with Gasteiger partial charge in [0.05, 0.1) is 5.69 Å². The van der Waals surface area contributed by atoms with E-state index >= 15 is 0 Å². The van der Waals surface area contributed by atoms with Gasteiger partial charge in [0.15, 0.2) is 0 Å². The number of pyridine rings is 2. The summed E-state index contributed by atoms with van der Waals surface area (Å²) in [4.78, 5) is 14.5. The van der Waals surface area contributed by atoms with Gasteiger partial charge in [-0.15, -0.1) is 0 Å². The van der Waals surface area contributed by atoms with Crippen molar-refractivity contribution in [3.8, 4) is 11.3 Å². The maximum Gasteiger partial charge on any atom is 0.128 e. The molecule has 3 saturated heterocycles. The molecule has 4 nitrogen and oxygen atoms in total. The van der Waals surface area contributed by atoms with E-state index in [1.807, 2.05) is 6.20 Å². The molecule has 26 heavy (non-hydrogen) atoms. The van der Waals surface area contributed by atoms with Crippen molar-refractivity contribution in [1.82, 2.24) is 14.9 Å². The quantitative estimate of drug-likeness (QED) is 0.843. The Labute approximate surface area is 156 Å². The van der Waals surface area contributed by atoms with Crippen molar-refractivity contribution < 1.29 is 0 Å². The van der Waals surface area contributed by atoms with E-state index in [0.717, 1.165) is 30.2 Å². The number of aromatic nitrogens is 2. The fraction of sp³-hybridized carbons (Fsp3) is 0.545. The standard InChI is InChI=1S/C22H28N4/c1-2-14-26(13-1)21-8-5-18(15-24-21)20-7-6-19(16-23-20)22-9-3-11-25(17-22)12-4-10-22/h5-8,15-16H,1-4,9-14,17H2. The third-order valence-corrected chi connectivity index (χ3v) is 6.64. The lowest BCUT2D eigenvalue weighted by molar-refractivity contribution is 0.0941. The van der Waals surface area contributed by atoms with Gasteiger partial charge < -0.3 is 9.80 Å². The van der Waals surface area contributed by atoms with Crippen LogP contribution in [0.15, 0.2) is 36.7 Å². The van der Waals surface area contributed by atoms with Crippen LogP contribution in [0.25, 0.3) is 11.3 Å². The van der Waals surface area contributed by atoms with Gasteiger partial charge in [-0.05, 0) is 75.4 Å². The van der Waals surface area contributed by atoms with E-state index < -0.39 is 0 Å². The van der Waals surface area contributed by atoms with E-state index in [1.165, 1.54) is 63.7 Å². The normalized spacial score (nSPS) is 28.3. The number of piperidine rings is 2. The second kappa shape index (κ2) is 6.66. The van der Waals surface area contributed by atoms with E-state index in [1.54, 1.807) is 0 Å². The lowest BCUT2D eigenvalue weighted by Gasteiger charge is -2.47. The van der Waals surface area contributed by atoms with Crippen LogP contribution in [0, 0.1) is 0 Å². The summed E-state index contributed by atoms with van der Waals surface area (Å²) in [5.41, 5.74) is 3.94. The molecule has 2 bridgehead atoms. The molecule has 136 valence electrons. The predicted octanol–water partition coefficient (Wildman–Crippen LogP) is 3.87. The van der Waals surface area contributed by atoms with Crippen LogP contribution in [-0.4, -0.2) is 47.6 Å². The monoisotopic (exact) mass is 348 g/mol. The third-order valence-electron chi connectivity index (χ3n) is 6.64. The molecule has 0 saturated carbocycles. The molecule has 3 fully saturated rings. The highest BCUT2D eigenvalue weighted by molar-refractivity contribution is 5.60. The van der Waals surface area contributed by atoms with Crippen molar-refractivity contribution in [3.05, 3.63) is 42.2 Å². The molecule has 2 aromatic rings. The number of nitrogens with zero attached hydrogens (tertiary/aromatic N) is 4. The molecule has 2 aromatic heterocycles. The largest absolute Gasteiger partial charge is 0.357 e. The van der Waals surface area contributed by atoms with Crippen molar-refractivity contribution in [2.24, 2.45) is 0 Å². The Balaban J connectivity index is 1.36. The summed E-state index contributed by atoms with van der Waals surface area (Å²) in [6, 6.07) is 8.84. The molecule has 0 unspecified atom stereocenters. The summed E-state index contributed by atoms with van der Waals surface area (Å²) < 4.78 is 0. The maximum absolute atomic E-state index is 4.82. The molecule has 0 N–H and O–H groups in total. The minimum absolute atomic E-state index is 0.347. The molecule has 3 aliphatic heterocycles. The van der Waals surface area contributed by atoms with Crippen LogP contribution >= 0.6 is 0 Å². The molecule has 0 aromatic carbocycles.